The molecule has 10 atom stereocenters. The Labute approximate surface area is 337 Å². The van der Waals surface area contributed by atoms with Crippen LogP contribution in [0.3, 0.4) is 0 Å². The second kappa shape index (κ2) is 21.0. The van der Waals surface area contributed by atoms with Crippen molar-refractivity contribution >= 4 is 23.9 Å². The molecular formula is C42H65N3O12. The first-order valence-corrected chi connectivity index (χ1v) is 20.3. The van der Waals surface area contributed by atoms with Gasteiger partial charge in [-0.3, -0.25) is 24.2 Å². The van der Waals surface area contributed by atoms with Gasteiger partial charge < -0.3 is 43.9 Å². The molecule has 3 amide bonds. The van der Waals surface area contributed by atoms with Crippen LogP contribution >= 0.6 is 0 Å². The first-order valence-electron chi connectivity index (χ1n) is 20.3. The Morgan fingerprint density at radius 1 is 1.11 bits per heavy atom. The zero-order valence-corrected chi connectivity index (χ0v) is 34.7. The predicted molar refractivity (Wildman–Crippen MR) is 211 cm³/mol. The number of nitrogens with zero attached hydrogens (tertiary/aromatic N) is 3. The highest BCUT2D eigenvalue weighted by molar-refractivity contribution is 6.12. The van der Waals surface area contributed by atoms with Crippen LogP contribution in [0.25, 0.3) is 0 Å². The highest BCUT2D eigenvalue weighted by Gasteiger charge is 2.47. The highest BCUT2D eigenvalue weighted by atomic mass is 16.6. The average Bonchev–Trinajstić information content (AvgIpc) is 3.86. The quantitative estimate of drug-likeness (QED) is 0.0517. The van der Waals surface area contributed by atoms with E-state index in [1.807, 2.05) is 40.7 Å². The molecule has 4 heterocycles. The van der Waals surface area contributed by atoms with Crippen molar-refractivity contribution in [3.63, 3.8) is 0 Å². The van der Waals surface area contributed by atoms with Gasteiger partial charge in [0, 0.05) is 70.2 Å². The number of amides is 3. The van der Waals surface area contributed by atoms with Crippen molar-refractivity contribution in [2.75, 3.05) is 59.6 Å². The Kier molecular flexibility index (Phi) is 17.0. The lowest BCUT2D eigenvalue weighted by atomic mass is 9.88. The third-order valence-electron chi connectivity index (χ3n) is 11.6. The van der Waals surface area contributed by atoms with Crippen molar-refractivity contribution in [3.8, 4) is 0 Å². The number of imide groups is 1. The molecule has 320 valence electrons. The molecule has 0 aromatic rings. The number of carbonyl (C=O) groups is 4. The second-order valence-corrected chi connectivity index (χ2v) is 16.3. The molecular weight excluding hydrogens is 738 g/mol. The summed E-state index contributed by atoms with van der Waals surface area (Å²) in [6.07, 6.45) is 8.86. The summed E-state index contributed by atoms with van der Waals surface area (Å²) in [5.41, 5.74) is -1.48. The van der Waals surface area contributed by atoms with E-state index in [0.717, 1.165) is 4.90 Å². The topological polar surface area (TPSA) is 188 Å². The molecule has 3 N–H and O–H groups in total. The molecule has 0 bridgehead atoms. The molecule has 2 fully saturated rings. The van der Waals surface area contributed by atoms with Gasteiger partial charge in [0.2, 0.25) is 0 Å². The number of aliphatic hydroxyl groups excluding tert-OH is 2. The molecule has 0 radical (unpaired) electrons. The highest BCUT2D eigenvalue weighted by Crippen LogP contribution is 2.38. The van der Waals surface area contributed by atoms with E-state index in [-0.39, 0.29) is 61.9 Å². The Balaban J connectivity index is 1.36. The Morgan fingerprint density at radius 2 is 1.77 bits per heavy atom. The van der Waals surface area contributed by atoms with Crippen molar-refractivity contribution in [3.05, 3.63) is 48.1 Å². The third-order valence-corrected chi connectivity index (χ3v) is 11.6. The number of methoxy groups -OCH3 is 1. The van der Waals surface area contributed by atoms with Crippen LogP contribution in [0.5, 0.6) is 0 Å². The van der Waals surface area contributed by atoms with Gasteiger partial charge in [0.1, 0.15) is 11.7 Å². The maximum absolute atomic E-state index is 13.6. The molecule has 4 rings (SSSR count). The summed E-state index contributed by atoms with van der Waals surface area (Å²) in [6.45, 7) is 14.7. The summed E-state index contributed by atoms with van der Waals surface area (Å²) in [6, 6.07) is 0. The van der Waals surface area contributed by atoms with Crippen molar-refractivity contribution in [2.24, 2.45) is 11.8 Å². The van der Waals surface area contributed by atoms with E-state index in [1.165, 1.54) is 19.3 Å². The van der Waals surface area contributed by atoms with E-state index in [9.17, 15) is 34.5 Å². The second-order valence-electron chi connectivity index (χ2n) is 16.3. The van der Waals surface area contributed by atoms with Crippen molar-refractivity contribution in [2.45, 2.75) is 121 Å². The minimum Gasteiger partial charge on any atom is -0.457 e. The monoisotopic (exact) mass is 803 g/mol. The molecule has 4 aliphatic heterocycles. The van der Waals surface area contributed by atoms with Crippen LogP contribution in [0.1, 0.15) is 73.6 Å². The number of allylic oxidation sites excluding steroid dienone is 2. The lowest BCUT2D eigenvalue weighted by Gasteiger charge is -2.38. The lowest BCUT2D eigenvalue weighted by molar-refractivity contribution is -0.151. The number of cyclic esters (lactones) is 1. The first-order chi connectivity index (χ1) is 27.0. The van der Waals surface area contributed by atoms with Crippen molar-refractivity contribution in [1.29, 1.82) is 0 Å². The van der Waals surface area contributed by atoms with Crippen LogP contribution in [0.2, 0.25) is 0 Å². The van der Waals surface area contributed by atoms with E-state index in [0.29, 0.717) is 64.2 Å². The molecule has 2 saturated heterocycles. The molecule has 0 aromatic heterocycles. The molecule has 0 spiro atoms. The fourth-order valence-corrected chi connectivity index (χ4v) is 7.45. The maximum atomic E-state index is 13.6. The zero-order chi connectivity index (χ0) is 41.9. The van der Waals surface area contributed by atoms with Gasteiger partial charge in [0.25, 0.3) is 11.8 Å². The summed E-state index contributed by atoms with van der Waals surface area (Å²) in [5.74, 6) is -1.61. The SMILES string of the molecule is CC[C@H](O)[C@@H](C)[C@@H]1O[C@H]1CC(C)(O)/C=C/C=C(\C)C1OC(=O)CC(O)CCC(C)(OC)C(OC(=O)N2CCN(CCOCCN3C(=O)C=CC3=O)CC2)C=CC1C. The van der Waals surface area contributed by atoms with Gasteiger partial charge in [-0.05, 0) is 51.7 Å². The smallest absolute Gasteiger partial charge is 0.410 e. The number of esters is 1. The number of carbonyl (C=O) groups excluding carboxylic acids is 4. The minimum atomic E-state index is -1.17. The summed E-state index contributed by atoms with van der Waals surface area (Å²) in [5, 5.41) is 32.1. The van der Waals surface area contributed by atoms with Crippen LogP contribution < -0.4 is 0 Å². The number of hydrogen-bond acceptors (Lipinski definition) is 13. The fraction of sp³-hybridized carbons (Fsp3) is 0.714. The van der Waals surface area contributed by atoms with Gasteiger partial charge in [-0.15, -0.1) is 0 Å². The van der Waals surface area contributed by atoms with Crippen LogP contribution in [0, 0.1) is 11.8 Å². The van der Waals surface area contributed by atoms with Crippen LogP contribution in [0.15, 0.2) is 48.1 Å². The van der Waals surface area contributed by atoms with Crippen molar-refractivity contribution < 1.29 is 58.2 Å². The Hall–Kier alpha value is -3.44. The fourth-order valence-electron chi connectivity index (χ4n) is 7.45. The largest absolute Gasteiger partial charge is 0.457 e. The number of rotatable bonds is 16. The lowest BCUT2D eigenvalue weighted by Crippen LogP contribution is -2.52. The van der Waals surface area contributed by atoms with Gasteiger partial charge in [0.15, 0.2) is 6.10 Å². The summed E-state index contributed by atoms with van der Waals surface area (Å²) in [4.78, 5) is 55.0. The third kappa shape index (κ3) is 13.6. The molecule has 0 saturated carbocycles. The average molecular weight is 804 g/mol. The maximum Gasteiger partial charge on any atom is 0.410 e. The minimum absolute atomic E-state index is 0.0243. The summed E-state index contributed by atoms with van der Waals surface area (Å²) >= 11 is 0. The van der Waals surface area contributed by atoms with E-state index in [2.05, 4.69) is 4.90 Å². The van der Waals surface area contributed by atoms with Crippen LogP contribution in [0.4, 0.5) is 4.79 Å². The van der Waals surface area contributed by atoms with Crippen LogP contribution in [-0.4, -0.2) is 161 Å². The van der Waals surface area contributed by atoms with Crippen molar-refractivity contribution in [1.82, 2.24) is 14.7 Å². The van der Waals surface area contributed by atoms with Gasteiger partial charge >= 0.3 is 12.1 Å². The number of aliphatic hydroxyl groups is 3. The summed E-state index contributed by atoms with van der Waals surface area (Å²) in [7, 11) is 1.53. The summed E-state index contributed by atoms with van der Waals surface area (Å²) < 4.78 is 29.4. The van der Waals surface area contributed by atoms with Gasteiger partial charge in [0.05, 0.1) is 56.2 Å². The number of piperazine rings is 1. The Bertz CT molecular complexity index is 1490. The zero-order valence-electron chi connectivity index (χ0n) is 34.7. The van der Waals surface area contributed by atoms with E-state index < -0.39 is 47.7 Å². The molecule has 4 aliphatic rings. The Morgan fingerprint density at radius 3 is 2.42 bits per heavy atom. The number of epoxide rings is 1. The molecule has 15 nitrogen and oxygen atoms in total. The van der Waals surface area contributed by atoms with E-state index >= 15 is 0 Å². The van der Waals surface area contributed by atoms with Gasteiger partial charge in [-0.1, -0.05) is 45.1 Å². The van der Waals surface area contributed by atoms with E-state index in [1.54, 1.807) is 36.1 Å². The molecule has 57 heavy (non-hydrogen) atoms. The molecule has 0 aromatic carbocycles. The molecule has 0 aliphatic carbocycles. The number of hydrogen-bond donors (Lipinski definition) is 3. The standard InChI is InChI=1S/C42H65N3O12/c1-8-32(47)30(4)39-33(55-39)27-41(5,52)16-9-10-28(2)38-29(3)11-12-34(42(6,53-7)17-15-31(46)26-37(50)57-38)56-40(51)44-20-18-43(19-21-44)22-24-54-25-23-45-35(48)13-14-36(45)49/h9-14,16,29-34,38-39,46-47,52H,8,15,17-27H2,1-7H3/b12-11?,16-9+,28-10+/t29?,30-,31?,32+,33+,34?,38?,39+,41?,42?/m1/s1. The van der Waals surface area contributed by atoms with Gasteiger partial charge in [-0.25, -0.2) is 4.79 Å². The predicted octanol–water partition coefficient (Wildman–Crippen LogP) is 2.92. The van der Waals surface area contributed by atoms with E-state index in [4.69, 9.17) is 23.7 Å². The van der Waals surface area contributed by atoms with Crippen LogP contribution in [-0.2, 0) is 38.1 Å². The molecule has 6 unspecified atom stereocenters. The van der Waals surface area contributed by atoms with Gasteiger partial charge in [-0.2, -0.15) is 0 Å². The first kappa shape index (κ1) is 46.3. The number of ether oxygens (including phenoxy) is 5. The molecule has 15 heteroatoms. The normalized spacial score (nSPS) is 31.5.